The van der Waals surface area contributed by atoms with Crippen LogP contribution in [-0.4, -0.2) is 27.6 Å². The molecule has 0 saturated heterocycles. The Morgan fingerprint density at radius 2 is 2.04 bits per heavy atom. The van der Waals surface area contributed by atoms with Crippen LogP contribution in [0.25, 0.3) is 22.1 Å². The van der Waals surface area contributed by atoms with E-state index in [4.69, 9.17) is 9.15 Å². The van der Waals surface area contributed by atoms with Crippen molar-refractivity contribution in [1.82, 2.24) is 14.5 Å². The molecule has 2 heterocycles. The summed E-state index contributed by atoms with van der Waals surface area (Å²) in [5.74, 6) is -0.336. The molecule has 0 unspecified atom stereocenters. The summed E-state index contributed by atoms with van der Waals surface area (Å²) < 4.78 is 25.3. The fraction of sp³-hybridized carbons (Fsp3) is 0.118. The number of imidazole rings is 1. The number of carbonyl (C=O) groups is 1. The molecular weight excluding hydrogens is 327 g/mol. The third-order valence-electron chi connectivity index (χ3n) is 3.87. The molecule has 0 bridgehead atoms. The molecule has 4 rings (SSSR count). The Morgan fingerprint density at radius 3 is 2.84 bits per heavy atom. The summed E-state index contributed by atoms with van der Waals surface area (Å²) >= 11 is 0. The standard InChI is InChI=1S/C17H13FN4O3/c1-22-13-5-3-9(15(23)24-2)7-11(13)19-16(22)21-17-20-12-8-10(18)4-6-14(12)25-17/h3-8H,1-2H3,(H,19,20,21). The minimum Gasteiger partial charge on any atom is -0.465 e. The second-order valence-corrected chi connectivity index (χ2v) is 5.45. The molecule has 0 aliphatic rings. The normalized spacial score (nSPS) is 11.2. The van der Waals surface area contributed by atoms with Crippen molar-refractivity contribution in [2.75, 3.05) is 12.4 Å². The highest BCUT2D eigenvalue weighted by atomic mass is 19.1. The van der Waals surface area contributed by atoms with Gasteiger partial charge in [-0.05, 0) is 30.3 Å². The second kappa shape index (κ2) is 5.59. The first-order chi connectivity index (χ1) is 12.0. The van der Waals surface area contributed by atoms with E-state index in [1.165, 1.54) is 25.3 Å². The number of nitrogens with one attached hydrogen (secondary N) is 1. The first kappa shape index (κ1) is 15.1. The van der Waals surface area contributed by atoms with Crippen LogP contribution < -0.4 is 5.32 Å². The molecule has 8 heteroatoms. The zero-order valence-corrected chi connectivity index (χ0v) is 13.4. The van der Waals surface area contributed by atoms with Gasteiger partial charge in [0.2, 0.25) is 5.95 Å². The van der Waals surface area contributed by atoms with E-state index in [9.17, 15) is 9.18 Å². The number of anilines is 2. The Balaban J connectivity index is 1.72. The lowest BCUT2D eigenvalue weighted by Crippen LogP contribution is -2.00. The Morgan fingerprint density at radius 1 is 1.20 bits per heavy atom. The topological polar surface area (TPSA) is 82.2 Å². The predicted octanol–water partition coefficient (Wildman–Crippen LogP) is 3.38. The molecule has 0 saturated carbocycles. The van der Waals surface area contributed by atoms with E-state index < -0.39 is 5.97 Å². The second-order valence-electron chi connectivity index (χ2n) is 5.45. The predicted molar refractivity (Wildman–Crippen MR) is 89.3 cm³/mol. The molecule has 2 aromatic carbocycles. The van der Waals surface area contributed by atoms with Gasteiger partial charge in [-0.15, -0.1) is 0 Å². The van der Waals surface area contributed by atoms with Crippen LogP contribution in [0.1, 0.15) is 10.4 Å². The maximum atomic E-state index is 13.3. The quantitative estimate of drug-likeness (QED) is 0.576. The fourth-order valence-electron chi connectivity index (χ4n) is 2.61. The summed E-state index contributed by atoms with van der Waals surface area (Å²) in [5, 5.41) is 2.97. The van der Waals surface area contributed by atoms with Crippen molar-refractivity contribution >= 4 is 40.1 Å². The maximum absolute atomic E-state index is 13.3. The summed E-state index contributed by atoms with van der Waals surface area (Å²) in [6.07, 6.45) is 0. The molecule has 2 aromatic heterocycles. The molecule has 0 fully saturated rings. The molecule has 4 aromatic rings. The van der Waals surface area contributed by atoms with Crippen LogP contribution in [0.3, 0.4) is 0 Å². The molecule has 0 aliphatic carbocycles. The summed E-state index contributed by atoms with van der Waals surface area (Å²) in [4.78, 5) is 20.3. The Hall–Kier alpha value is -3.42. The van der Waals surface area contributed by atoms with Crippen LogP contribution in [0.5, 0.6) is 0 Å². The Kier molecular flexibility index (Phi) is 3.38. The summed E-state index contributed by atoms with van der Waals surface area (Å²) in [6, 6.07) is 9.41. The Bertz CT molecular complexity index is 1120. The minimum absolute atomic E-state index is 0.201. The van der Waals surface area contributed by atoms with Gasteiger partial charge < -0.3 is 13.7 Å². The number of aromatic nitrogens is 3. The summed E-state index contributed by atoms with van der Waals surface area (Å²) in [5.41, 5.74) is 2.73. The van der Waals surface area contributed by atoms with Gasteiger partial charge in [0.25, 0.3) is 0 Å². The molecule has 1 N–H and O–H groups in total. The zero-order valence-electron chi connectivity index (χ0n) is 13.4. The number of ether oxygens (including phenoxy) is 1. The maximum Gasteiger partial charge on any atom is 0.337 e. The van der Waals surface area contributed by atoms with Gasteiger partial charge in [0.05, 0.1) is 23.7 Å². The number of aryl methyl sites for hydroxylation is 1. The number of hydrogen-bond donors (Lipinski definition) is 1. The number of methoxy groups -OCH3 is 1. The molecule has 0 radical (unpaired) electrons. The van der Waals surface area contributed by atoms with E-state index in [1.807, 2.05) is 7.05 Å². The van der Waals surface area contributed by atoms with Gasteiger partial charge in [-0.25, -0.2) is 14.2 Å². The van der Waals surface area contributed by atoms with Gasteiger partial charge >= 0.3 is 12.0 Å². The lowest BCUT2D eigenvalue weighted by Gasteiger charge is -2.01. The van der Waals surface area contributed by atoms with Gasteiger partial charge in [0, 0.05) is 13.1 Å². The SMILES string of the molecule is COC(=O)c1ccc2c(c1)nc(Nc1nc3cc(F)ccc3o1)n2C. The van der Waals surface area contributed by atoms with Crippen molar-refractivity contribution in [2.45, 2.75) is 0 Å². The number of rotatable bonds is 3. The highest BCUT2D eigenvalue weighted by Gasteiger charge is 2.14. The summed E-state index contributed by atoms with van der Waals surface area (Å²) in [6.45, 7) is 0. The van der Waals surface area contributed by atoms with E-state index in [0.29, 0.717) is 28.1 Å². The van der Waals surface area contributed by atoms with Gasteiger partial charge in [-0.3, -0.25) is 5.32 Å². The van der Waals surface area contributed by atoms with E-state index in [0.717, 1.165) is 5.52 Å². The molecule has 0 atom stereocenters. The number of esters is 1. The number of oxazole rings is 1. The smallest absolute Gasteiger partial charge is 0.337 e. The minimum atomic E-state index is -0.428. The number of carbonyl (C=O) groups excluding carboxylic acids is 1. The molecule has 126 valence electrons. The van der Waals surface area contributed by atoms with Crippen LogP contribution in [-0.2, 0) is 11.8 Å². The lowest BCUT2D eigenvalue weighted by atomic mass is 10.2. The highest BCUT2D eigenvalue weighted by Crippen LogP contribution is 2.25. The summed E-state index contributed by atoms with van der Waals surface area (Å²) in [7, 11) is 3.14. The number of hydrogen-bond acceptors (Lipinski definition) is 6. The molecule has 25 heavy (non-hydrogen) atoms. The highest BCUT2D eigenvalue weighted by molar-refractivity contribution is 5.94. The molecule has 0 aliphatic heterocycles. The van der Waals surface area contributed by atoms with Gasteiger partial charge in [-0.1, -0.05) is 0 Å². The molecule has 0 spiro atoms. The number of nitrogens with zero attached hydrogens (tertiary/aromatic N) is 3. The average molecular weight is 340 g/mol. The van der Waals surface area contributed by atoms with Crippen LogP contribution in [0, 0.1) is 5.82 Å². The number of benzene rings is 2. The first-order valence-electron chi connectivity index (χ1n) is 7.43. The molecule has 0 amide bonds. The van der Waals surface area contributed by atoms with Crippen molar-refractivity contribution in [3.05, 3.63) is 47.8 Å². The van der Waals surface area contributed by atoms with Gasteiger partial charge in [-0.2, -0.15) is 4.98 Å². The molecule has 7 nitrogen and oxygen atoms in total. The van der Waals surface area contributed by atoms with Crippen LogP contribution in [0.15, 0.2) is 40.8 Å². The van der Waals surface area contributed by atoms with E-state index >= 15 is 0 Å². The van der Waals surface area contributed by atoms with Crippen LogP contribution in [0.2, 0.25) is 0 Å². The first-order valence-corrected chi connectivity index (χ1v) is 7.43. The average Bonchev–Trinajstić information content (AvgIpc) is 3.14. The monoisotopic (exact) mass is 340 g/mol. The van der Waals surface area contributed by atoms with E-state index in [-0.39, 0.29) is 11.8 Å². The molecular formula is C17H13FN4O3. The van der Waals surface area contributed by atoms with Gasteiger partial charge in [0.1, 0.15) is 11.3 Å². The zero-order chi connectivity index (χ0) is 17.6. The van der Waals surface area contributed by atoms with E-state index in [2.05, 4.69) is 15.3 Å². The van der Waals surface area contributed by atoms with Crippen molar-refractivity contribution in [2.24, 2.45) is 7.05 Å². The number of halogens is 1. The van der Waals surface area contributed by atoms with Gasteiger partial charge in [0.15, 0.2) is 5.58 Å². The fourth-order valence-corrected chi connectivity index (χ4v) is 2.61. The van der Waals surface area contributed by atoms with E-state index in [1.54, 1.807) is 22.8 Å². The Labute approximate surface area is 141 Å². The van der Waals surface area contributed by atoms with Crippen molar-refractivity contribution < 1.29 is 18.3 Å². The van der Waals surface area contributed by atoms with Crippen LogP contribution in [0.4, 0.5) is 16.4 Å². The van der Waals surface area contributed by atoms with Crippen LogP contribution >= 0.6 is 0 Å². The third kappa shape index (κ3) is 2.57. The lowest BCUT2D eigenvalue weighted by molar-refractivity contribution is 0.0601. The van der Waals surface area contributed by atoms with Crippen molar-refractivity contribution in [3.8, 4) is 0 Å². The van der Waals surface area contributed by atoms with Crippen molar-refractivity contribution in [1.29, 1.82) is 0 Å². The largest absolute Gasteiger partial charge is 0.465 e. The third-order valence-corrected chi connectivity index (χ3v) is 3.87. The van der Waals surface area contributed by atoms with Crippen molar-refractivity contribution in [3.63, 3.8) is 0 Å². The number of fused-ring (bicyclic) bond motifs is 2.